The minimum atomic E-state index is -0.289. The second-order valence-electron chi connectivity index (χ2n) is 4.21. The zero-order chi connectivity index (χ0) is 14.5. The molecule has 106 valence electrons. The van der Waals surface area contributed by atoms with E-state index < -0.39 is 0 Å². The van der Waals surface area contributed by atoms with Gasteiger partial charge in [-0.2, -0.15) is 0 Å². The molecule has 0 aliphatic rings. The summed E-state index contributed by atoms with van der Waals surface area (Å²) >= 11 is 3.31. The molecule has 0 heterocycles. The largest absolute Gasteiger partial charge is 0.493 e. The summed E-state index contributed by atoms with van der Waals surface area (Å²) in [5.74, 6) is 0.968. The molecule has 2 rings (SSSR count). The molecule has 0 radical (unpaired) electrons. The van der Waals surface area contributed by atoms with Crippen LogP contribution in [-0.4, -0.2) is 7.11 Å². The Hall–Kier alpha value is -1.59. The van der Waals surface area contributed by atoms with Crippen molar-refractivity contribution >= 4 is 15.9 Å². The van der Waals surface area contributed by atoms with Crippen molar-refractivity contribution in [2.75, 3.05) is 7.11 Å². The Morgan fingerprint density at radius 1 is 1.15 bits per heavy atom. The second kappa shape index (κ2) is 6.72. The van der Waals surface area contributed by atoms with E-state index in [2.05, 4.69) is 15.9 Å². The summed E-state index contributed by atoms with van der Waals surface area (Å²) in [5, 5.41) is 0. The van der Waals surface area contributed by atoms with Crippen LogP contribution in [0.3, 0.4) is 0 Å². The lowest BCUT2D eigenvalue weighted by molar-refractivity contribution is 0.283. The van der Waals surface area contributed by atoms with Crippen molar-refractivity contribution in [3.63, 3.8) is 0 Å². The first kappa shape index (κ1) is 14.8. The molecule has 0 aliphatic carbocycles. The Labute approximate surface area is 125 Å². The van der Waals surface area contributed by atoms with Crippen molar-refractivity contribution in [3.8, 4) is 11.5 Å². The fourth-order valence-corrected chi connectivity index (χ4v) is 2.22. The molecule has 0 amide bonds. The van der Waals surface area contributed by atoms with Crippen LogP contribution in [0.5, 0.6) is 11.5 Å². The average molecular weight is 340 g/mol. The third-order valence-electron chi connectivity index (χ3n) is 2.86. The molecular formula is C15H15BrFNO2. The molecule has 0 spiro atoms. The Balaban J connectivity index is 2.17. The maximum absolute atomic E-state index is 13.0. The van der Waals surface area contributed by atoms with Gasteiger partial charge >= 0.3 is 0 Å². The van der Waals surface area contributed by atoms with Crippen molar-refractivity contribution in [1.29, 1.82) is 0 Å². The van der Waals surface area contributed by atoms with E-state index in [-0.39, 0.29) is 5.82 Å². The highest BCUT2D eigenvalue weighted by Gasteiger charge is 2.08. The summed E-state index contributed by atoms with van der Waals surface area (Å²) in [4.78, 5) is 0. The molecule has 0 bridgehead atoms. The summed E-state index contributed by atoms with van der Waals surface area (Å²) in [6.07, 6.45) is 0. The highest BCUT2D eigenvalue weighted by atomic mass is 79.9. The molecule has 0 unspecified atom stereocenters. The van der Waals surface area contributed by atoms with Crippen LogP contribution >= 0.6 is 15.9 Å². The van der Waals surface area contributed by atoms with Crippen molar-refractivity contribution in [2.45, 2.75) is 13.2 Å². The van der Waals surface area contributed by atoms with Crippen LogP contribution in [0.15, 0.2) is 40.9 Å². The number of halogens is 2. The van der Waals surface area contributed by atoms with E-state index in [0.717, 1.165) is 11.1 Å². The minimum Gasteiger partial charge on any atom is -0.493 e. The Kier molecular flexibility index (Phi) is 4.98. The molecule has 2 aromatic carbocycles. The van der Waals surface area contributed by atoms with Gasteiger partial charge < -0.3 is 15.2 Å². The van der Waals surface area contributed by atoms with Gasteiger partial charge in [0.15, 0.2) is 11.5 Å². The Morgan fingerprint density at radius 2 is 1.95 bits per heavy atom. The van der Waals surface area contributed by atoms with Gasteiger partial charge in [-0.15, -0.1) is 0 Å². The fourth-order valence-electron chi connectivity index (χ4n) is 1.76. The third-order valence-corrected chi connectivity index (χ3v) is 3.60. The van der Waals surface area contributed by atoms with Crippen molar-refractivity contribution in [3.05, 3.63) is 57.8 Å². The predicted octanol–water partition coefficient (Wildman–Crippen LogP) is 3.63. The molecule has 0 fully saturated rings. The van der Waals surface area contributed by atoms with E-state index in [9.17, 15) is 4.39 Å². The van der Waals surface area contributed by atoms with Crippen LogP contribution < -0.4 is 15.2 Å². The standard InChI is InChI=1S/C15H15BrFNO2/c1-19-14-5-2-10(8-18)6-15(14)20-9-11-3-4-12(17)7-13(11)16/h2-7H,8-9,18H2,1H3. The van der Waals surface area contributed by atoms with E-state index in [1.54, 1.807) is 13.2 Å². The molecule has 0 saturated carbocycles. The quantitative estimate of drug-likeness (QED) is 0.904. The molecule has 5 heteroatoms. The van der Waals surface area contributed by atoms with Gasteiger partial charge in [-0.05, 0) is 29.8 Å². The first-order valence-electron chi connectivity index (χ1n) is 6.07. The minimum absolute atomic E-state index is 0.289. The normalized spacial score (nSPS) is 10.4. The lowest BCUT2D eigenvalue weighted by atomic mass is 10.2. The van der Waals surface area contributed by atoms with Crippen LogP contribution in [-0.2, 0) is 13.2 Å². The van der Waals surface area contributed by atoms with Gasteiger partial charge in [0.25, 0.3) is 0 Å². The monoisotopic (exact) mass is 339 g/mol. The predicted molar refractivity (Wildman–Crippen MR) is 79.3 cm³/mol. The molecule has 3 nitrogen and oxygen atoms in total. The van der Waals surface area contributed by atoms with Gasteiger partial charge in [0.05, 0.1) is 7.11 Å². The molecule has 0 aliphatic heterocycles. The first-order chi connectivity index (χ1) is 9.63. The summed E-state index contributed by atoms with van der Waals surface area (Å²) < 4.78 is 24.7. The van der Waals surface area contributed by atoms with Crippen LogP contribution in [0.4, 0.5) is 4.39 Å². The number of ether oxygens (including phenoxy) is 2. The number of nitrogens with two attached hydrogens (primary N) is 1. The van der Waals surface area contributed by atoms with Gasteiger partial charge in [0, 0.05) is 16.6 Å². The van der Waals surface area contributed by atoms with Crippen molar-refractivity contribution < 1.29 is 13.9 Å². The van der Waals surface area contributed by atoms with Gasteiger partial charge in [0.1, 0.15) is 12.4 Å². The number of hydrogen-bond donors (Lipinski definition) is 1. The topological polar surface area (TPSA) is 44.5 Å². The lowest BCUT2D eigenvalue weighted by Crippen LogP contribution is -2.01. The van der Waals surface area contributed by atoms with Gasteiger partial charge in [-0.25, -0.2) is 4.39 Å². The van der Waals surface area contributed by atoms with Gasteiger partial charge in [0.2, 0.25) is 0 Å². The van der Waals surface area contributed by atoms with E-state index in [0.29, 0.717) is 29.1 Å². The number of hydrogen-bond acceptors (Lipinski definition) is 3. The lowest BCUT2D eigenvalue weighted by Gasteiger charge is -2.12. The summed E-state index contributed by atoms with van der Waals surface area (Å²) in [6.45, 7) is 0.742. The smallest absolute Gasteiger partial charge is 0.161 e. The van der Waals surface area contributed by atoms with E-state index in [1.807, 2.05) is 18.2 Å². The molecular weight excluding hydrogens is 325 g/mol. The van der Waals surface area contributed by atoms with Crippen molar-refractivity contribution in [1.82, 2.24) is 0 Å². The van der Waals surface area contributed by atoms with Crippen LogP contribution in [0, 0.1) is 5.82 Å². The van der Waals surface area contributed by atoms with Crippen LogP contribution in [0.2, 0.25) is 0 Å². The molecule has 0 saturated heterocycles. The average Bonchev–Trinajstić information content (AvgIpc) is 2.46. The maximum atomic E-state index is 13.0. The van der Waals surface area contributed by atoms with E-state index in [1.165, 1.54) is 12.1 Å². The third kappa shape index (κ3) is 3.49. The van der Waals surface area contributed by atoms with Gasteiger partial charge in [-0.3, -0.25) is 0 Å². The van der Waals surface area contributed by atoms with Crippen LogP contribution in [0.25, 0.3) is 0 Å². The molecule has 0 aromatic heterocycles. The molecule has 20 heavy (non-hydrogen) atoms. The number of rotatable bonds is 5. The highest BCUT2D eigenvalue weighted by Crippen LogP contribution is 2.29. The van der Waals surface area contributed by atoms with Crippen LogP contribution in [0.1, 0.15) is 11.1 Å². The van der Waals surface area contributed by atoms with Gasteiger partial charge in [-0.1, -0.05) is 28.1 Å². The number of benzene rings is 2. The Bertz CT molecular complexity index is 604. The van der Waals surface area contributed by atoms with E-state index >= 15 is 0 Å². The molecule has 0 atom stereocenters. The summed E-state index contributed by atoms with van der Waals surface area (Å²) in [6, 6.07) is 10.0. The second-order valence-corrected chi connectivity index (χ2v) is 5.07. The maximum Gasteiger partial charge on any atom is 0.161 e. The zero-order valence-corrected chi connectivity index (χ0v) is 12.6. The highest BCUT2D eigenvalue weighted by molar-refractivity contribution is 9.10. The number of methoxy groups -OCH3 is 1. The van der Waals surface area contributed by atoms with E-state index in [4.69, 9.17) is 15.2 Å². The summed E-state index contributed by atoms with van der Waals surface area (Å²) in [7, 11) is 1.58. The molecule has 2 N–H and O–H groups in total. The van der Waals surface area contributed by atoms with Crippen molar-refractivity contribution in [2.24, 2.45) is 5.73 Å². The first-order valence-corrected chi connectivity index (χ1v) is 6.87. The SMILES string of the molecule is COc1ccc(CN)cc1OCc1ccc(F)cc1Br. The molecule has 2 aromatic rings. The fraction of sp³-hybridized carbons (Fsp3) is 0.200. The summed E-state index contributed by atoms with van der Waals surface area (Å²) in [5.41, 5.74) is 7.42. The zero-order valence-electron chi connectivity index (χ0n) is 11.0. The Morgan fingerprint density at radius 3 is 2.60 bits per heavy atom.